The molecule has 1 amide bonds. The highest BCUT2D eigenvalue weighted by atomic mass is 32.1. The number of rotatable bonds is 3. The van der Waals surface area contributed by atoms with Crippen LogP contribution in [0.5, 0.6) is 0 Å². The summed E-state index contributed by atoms with van der Waals surface area (Å²) < 4.78 is 1.10. The quantitative estimate of drug-likeness (QED) is 0.794. The molecule has 0 atom stereocenters. The first-order chi connectivity index (χ1) is 9.72. The highest BCUT2D eigenvalue weighted by Gasteiger charge is 2.09. The van der Waals surface area contributed by atoms with Crippen LogP contribution in [0.25, 0.3) is 10.2 Å². The van der Waals surface area contributed by atoms with E-state index in [9.17, 15) is 4.79 Å². The largest absolute Gasteiger partial charge is 0.302 e. The van der Waals surface area contributed by atoms with Crippen LogP contribution in [0.3, 0.4) is 0 Å². The van der Waals surface area contributed by atoms with E-state index in [1.807, 2.05) is 55.5 Å². The number of benzene rings is 2. The summed E-state index contributed by atoms with van der Waals surface area (Å²) in [4.78, 5) is 16.5. The van der Waals surface area contributed by atoms with E-state index in [1.54, 1.807) is 0 Å². The number of aromatic nitrogens is 1. The second kappa shape index (κ2) is 5.43. The van der Waals surface area contributed by atoms with Crippen molar-refractivity contribution in [2.45, 2.75) is 13.3 Å². The molecule has 3 aromatic rings. The summed E-state index contributed by atoms with van der Waals surface area (Å²) in [6.07, 6.45) is 0.371. The lowest BCUT2D eigenvalue weighted by Gasteiger charge is -2.01. The number of thiazole rings is 1. The van der Waals surface area contributed by atoms with Crippen LogP contribution in [-0.2, 0) is 11.2 Å². The molecule has 0 bridgehead atoms. The van der Waals surface area contributed by atoms with Gasteiger partial charge in [-0.2, -0.15) is 0 Å². The number of fused-ring (bicyclic) bond motifs is 1. The number of carbonyl (C=O) groups is 1. The summed E-state index contributed by atoms with van der Waals surface area (Å²) in [5.41, 5.74) is 3.09. The Morgan fingerprint density at radius 2 is 1.95 bits per heavy atom. The molecule has 1 heterocycles. The minimum atomic E-state index is -0.0343. The minimum Gasteiger partial charge on any atom is -0.302 e. The van der Waals surface area contributed by atoms with Gasteiger partial charge in [-0.05, 0) is 24.1 Å². The molecule has 0 spiro atoms. The van der Waals surface area contributed by atoms with Crippen molar-refractivity contribution in [2.75, 3.05) is 5.32 Å². The first-order valence-corrected chi connectivity index (χ1v) is 7.24. The molecule has 1 N–H and O–H groups in total. The van der Waals surface area contributed by atoms with Gasteiger partial charge in [0.15, 0.2) is 5.13 Å². The fourth-order valence-electron chi connectivity index (χ4n) is 2.08. The highest BCUT2D eigenvalue weighted by Crippen LogP contribution is 2.27. The van der Waals surface area contributed by atoms with E-state index >= 15 is 0 Å². The number of hydrogen-bond acceptors (Lipinski definition) is 3. The zero-order chi connectivity index (χ0) is 13.9. The third kappa shape index (κ3) is 2.70. The van der Waals surface area contributed by atoms with Gasteiger partial charge in [-0.25, -0.2) is 4.98 Å². The number of nitrogens with zero attached hydrogens (tertiary/aromatic N) is 1. The summed E-state index contributed by atoms with van der Waals surface area (Å²) in [7, 11) is 0. The molecule has 0 unspecified atom stereocenters. The van der Waals surface area contributed by atoms with Crippen molar-refractivity contribution in [3.8, 4) is 0 Å². The van der Waals surface area contributed by atoms with Gasteiger partial charge in [0.25, 0.3) is 0 Å². The van der Waals surface area contributed by atoms with Crippen LogP contribution in [-0.4, -0.2) is 10.9 Å². The normalized spacial score (nSPS) is 10.7. The number of hydrogen-bond donors (Lipinski definition) is 1. The van der Waals surface area contributed by atoms with E-state index in [-0.39, 0.29) is 5.91 Å². The van der Waals surface area contributed by atoms with E-state index in [4.69, 9.17) is 0 Å². The number of anilines is 1. The number of aryl methyl sites for hydroxylation is 1. The Labute approximate surface area is 121 Å². The molecule has 0 saturated carbocycles. The maximum atomic E-state index is 12.0. The molecule has 0 aliphatic carbocycles. The first-order valence-electron chi connectivity index (χ1n) is 6.42. The Morgan fingerprint density at radius 3 is 2.70 bits per heavy atom. The van der Waals surface area contributed by atoms with E-state index in [2.05, 4.69) is 10.3 Å². The Morgan fingerprint density at radius 1 is 1.15 bits per heavy atom. The van der Waals surface area contributed by atoms with Gasteiger partial charge in [0.05, 0.1) is 16.6 Å². The standard InChI is InChI=1S/C16H14N2OS/c1-11-6-5-9-13-15(11)18-16(20-13)17-14(19)10-12-7-3-2-4-8-12/h2-9H,10H2,1H3,(H,17,18,19). The zero-order valence-electron chi connectivity index (χ0n) is 11.1. The monoisotopic (exact) mass is 282 g/mol. The molecule has 0 fully saturated rings. The van der Waals surface area contributed by atoms with Crippen molar-refractivity contribution >= 4 is 32.6 Å². The lowest BCUT2D eigenvalue weighted by Crippen LogP contribution is -2.14. The molecule has 3 nitrogen and oxygen atoms in total. The maximum absolute atomic E-state index is 12.0. The summed E-state index contributed by atoms with van der Waals surface area (Å²) in [5, 5.41) is 3.54. The molecular weight excluding hydrogens is 268 g/mol. The van der Waals surface area contributed by atoms with Crippen LogP contribution < -0.4 is 5.32 Å². The van der Waals surface area contributed by atoms with Gasteiger partial charge < -0.3 is 5.32 Å². The van der Waals surface area contributed by atoms with Gasteiger partial charge >= 0.3 is 0 Å². The van der Waals surface area contributed by atoms with Crippen LogP contribution in [0.4, 0.5) is 5.13 Å². The second-order valence-electron chi connectivity index (χ2n) is 4.65. The average Bonchev–Trinajstić information content (AvgIpc) is 2.83. The van der Waals surface area contributed by atoms with Crippen molar-refractivity contribution < 1.29 is 4.79 Å². The lowest BCUT2D eigenvalue weighted by atomic mass is 10.1. The summed E-state index contributed by atoms with van der Waals surface area (Å²) in [5.74, 6) is -0.0343. The Hall–Kier alpha value is -2.20. The number of para-hydroxylation sites is 1. The molecule has 0 aliphatic rings. The number of carbonyl (C=O) groups excluding carboxylic acids is 1. The topological polar surface area (TPSA) is 42.0 Å². The van der Waals surface area contributed by atoms with Gasteiger partial charge in [-0.1, -0.05) is 53.8 Å². The SMILES string of the molecule is Cc1cccc2sc(NC(=O)Cc3ccccc3)nc12. The third-order valence-electron chi connectivity index (χ3n) is 3.07. The fraction of sp³-hybridized carbons (Fsp3) is 0.125. The second-order valence-corrected chi connectivity index (χ2v) is 5.68. The predicted octanol–water partition coefficient (Wildman–Crippen LogP) is 3.79. The molecule has 20 heavy (non-hydrogen) atoms. The molecule has 0 radical (unpaired) electrons. The number of nitrogens with one attached hydrogen (secondary N) is 1. The van der Waals surface area contributed by atoms with Crippen molar-refractivity contribution in [1.29, 1.82) is 0 Å². The summed E-state index contributed by atoms with van der Waals surface area (Å²) >= 11 is 1.51. The van der Waals surface area contributed by atoms with Gasteiger partial charge in [0.1, 0.15) is 0 Å². The van der Waals surface area contributed by atoms with Crippen LogP contribution in [0, 0.1) is 6.92 Å². The highest BCUT2D eigenvalue weighted by molar-refractivity contribution is 7.22. The minimum absolute atomic E-state index is 0.0343. The van der Waals surface area contributed by atoms with Gasteiger partial charge in [0, 0.05) is 0 Å². The predicted molar refractivity (Wildman–Crippen MR) is 83.1 cm³/mol. The van der Waals surface area contributed by atoms with Crippen molar-refractivity contribution in [3.05, 3.63) is 59.7 Å². The van der Waals surface area contributed by atoms with E-state index in [1.165, 1.54) is 11.3 Å². The molecule has 0 aliphatic heterocycles. The lowest BCUT2D eigenvalue weighted by molar-refractivity contribution is -0.115. The van der Waals surface area contributed by atoms with Crippen LogP contribution >= 0.6 is 11.3 Å². The van der Waals surface area contributed by atoms with E-state index in [0.717, 1.165) is 21.3 Å². The molecule has 0 saturated heterocycles. The van der Waals surface area contributed by atoms with Crippen LogP contribution in [0.1, 0.15) is 11.1 Å². The van der Waals surface area contributed by atoms with Crippen molar-refractivity contribution in [1.82, 2.24) is 4.98 Å². The fourth-order valence-corrected chi connectivity index (χ4v) is 3.04. The van der Waals surface area contributed by atoms with E-state index < -0.39 is 0 Å². The molecule has 4 heteroatoms. The molecular formula is C16H14N2OS. The summed E-state index contributed by atoms with van der Waals surface area (Å²) in [6, 6.07) is 15.8. The van der Waals surface area contributed by atoms with Gasteiger partial charge in [0.2, 0.25) is 5.91 Å². The van der Waals surface area contributed by atoms with E-state index in [0.29, 0.717) is 11.6 Å². The smallest absolute Gasteiger partial charge is 0.230 e. The molecule has 3 rings (SSSR count). The average molecular weight is 282 g/mol. The van der Waals surface area contributed by atoms with Gasteiger partial charge in [-0.15, -0.1) is 0 Å². The van der Waals surface area contributed by atoms with Crippen LogP contribution in [0.2, 0.25) is 0 Å². The maximum Gasteiger partial charge on any atom is 0.230 e. The Kier molecular flexibility index (Phi) is 3.48. The number of amides is 1. The molecule has 2 aromatic carbocycles. The Bertz CT molecular complexity index is 750. The zero-order valence-corrected chi connectivity index (χ0v) is 11.9. The van der Waals surface area contributed by atoms with Crippen molar-refractivity contribution in [2.24, 2.45) is 0 Å². The summed E-state index contributed by atoms with van der Waals surface area (Å²) in [6.45, 7) is 2.03. The van der Waals surface area contributed by atoms with Crippen LogP contribution in [0.15, 0.2) is 48.5 Å². The van der Waals surface area contributed by atoms with Crippen molar-refractivity contribution in [3.63, 3.8) is 0 Å². The molecule has 100 valence electrons. The first kappa shape index (κ1) is 12.8. The molecule has 1 aromatic heterocycles. The third-order valence-corrected chi connectivity index (χ3v) is 4.01. The van der Waals surface area contributed by atoms with Gasteiger partial charge in [-0.3, -0.25) is 4.79 Å². The Balaban J connectivity index is 1.76.